The Hall–Kier alpha value is -1.31. The van der Waals surface area contributed by atoms with E-state index in [1.807, 2.05) is 45.2 Å². The Morgan fingerprint density at radius 1 is 1.33 bits per heavy atom. The van der Waals surface area contributed by atoms with Gasteiger partial charge in [-0.15, -0.1) is 0 Å². The van der Waals surface area contributed by atoms with Crippen LogP contribution < -0.4 is 0 Å². The average molecular weight is 205 g/mol. The van der Waals surface area contributed by atoms with Gasteiger partial charge in [0.15, 0.2) is 0 Å². The summed E-state index contributed by atoms with van der Waals surface area (Å²) in [6.07, 6.45) is 0.897. The Kier molecular flexibility index (Phi) is 3.89. The third kappa shape index (κ3) is 2.58. The maximum absolute atomic E-state index is 12.1. The summed E-state index contributed by atoms with van der Waals surface area (Å²) in [7, 11) is 1.85. The minimum absolute atomic E-state index is 0.113. The average Bonchev–Trinajstić information content (AvgIpc) is 2.26. The van der Waals surface area contributed by atoms with Crippen molar-refractivity contribution in [3.63, 3.8) is 0 Å². The molecule has 0 atom stereocenters. The number of hydrogen-bond donors (Lipinski definition) is 0. The van der Waals surface area contributed by atoms with E-state index in [0.29, 0.717) is 0 Å². The van der Waals surface area contributed by atoms with Crippen molar-refractivity contribution in [3.05, 3.63) is 35.4 Å². The number of hydrogen-bond acceptors (Lipinski definition) is 1. The van der Waals surface area contributed by atoms with Crippen LogP contribution >= 0.6 is 0 Å². The van der Waals surface area contributed by atoms with Gasteiger partial charge in [0.25, 0.3) is 5.91 Å². The van der Waals surface area contributed by atoms with E-state index >= 15 is 0 Å². The highest BCUT2D eigenvalue weighted by atomic mass is 16.2. The maximum atomic E-state index is 12.1. The van der Waals surface area contributed by atoms with E-state index in [2.05, 4.69) is 6.92 Å². The van der Waals surface area contributed by atoms with Gasteiger partial charge < -0.3 is 4.90 Å². The largest absolute Gasteiger partial charge is 0.339 e. The lowest BCUT2D eigenvalue weighted by atomic mass is 10.0. The van der Waals surface area contributed by atoms with Crippen molar-refractivity contribution < 1.29 is 4.79 Å². The molecular formula is C13H19NO. The molecule has 0 saturated heterocycles. The third-order valence-corrected chi connectivity index (χ3v) is 2.72. The molecule has 0 unspecified atom stereocenters. The molecule has 2 nitrogen and oxygen atoms in total. The van der Waals surface area contributed by atoms with Gasteiger partial charge in [-0.25, -0.2) is 0 Å². The molecule has 0 radical (unpaired) electrons. The fourth-order valence-corrected chi connectivity index (χ4v) is 1.46. The molecule has 0 aliphatic heterocycles. The van der Waals surface area contributed by atoms with Gasteiger partial charge >= 0.3 is 0 Å². The second kappa shape index (κ2) is 4.96. The summed E-state index contributed by atoms with van der Waals surface area (Å²) in [5.41, 5.74) is 1.95. The topological polar surface area (TPSA) is 20.3 Å². The van der Waals surface area contributed by atoms with Crippen molar-refractivity contribution in [2.45, 2.75) is 33.2 Å². The predicted molar refractivity (Wildman–Crippen MR) is 63.0 cm³/mol. The fourth-order valence-electron chi connectivity index (χ4n) is 1.46. The lowest BCUT2D eigenvalue weighted by molar-refractivity contribution is 0.0754. The van der Waals surface area contributed by atoms with E-state index in [-0.39, 0.29) is 11.9 Å². The molecule has 0 saturated carbocycles. The Bertz CT molecular complexity index is 344. The first-order valence-electron chi connectivity index (χ1n) is 5.43. The third-order valence-electron chi connectivity index (χ3n) is 2.72. The summed E-state index contributed by atoms with van der Waals surface area (Å²) >= 11 is 0. The summed E-state index contributed by atoms with van der Waals surface area (Å²) in [5, 5.41) is 0. The lowest BCUT2D eigenvalue weighted by Crippen LogP contribution is -2.33. The second-order valence-electron chi connectivity index (χ2n) is 4.02. The van der Waals surface area contributed by atoms with Crippen LogP contribution in [-0.4, -0.2) is 23.9 Å². The molecular weight excluding hydrogens is 186 g/mol. The number of nitrogens with zero attached hydrogens (tertiary/aromatic N) is 1. The zero-order chi connectivity index (χ0) is 11.4. The van der Waals surface area contributed by atoms with E-state index in [0.717, 1.165) is 17.5 Å². The van der Waals surface area contributed by atoms with Crippen LogP contribution in [0.1, 0.15) is 36.7 Å². The summed E-state index contributed by atoms with van der Waals surface area (Å²) < 4.78 is 0. The summed E-state index contributed by atoms with van der Waals surface area (Å²) in [6.45, 7) is 6.11. The van der Waals surface area contributed by atoms with Gasteiger partial charge in [0.05, 0.1) is 0 Å². The minimum Gasteiger partial charge on any atom is -0.339 e. The van der Waals surface area contributed by atoms with Crippen LogP contribution in [0.25, 0.3) is 0 Å². The number of rotatable bonds is 3. The molecule has 82 valence electrons. The standard InChI is InChI=1S/C13H19NO/c1-5-11-8-6-7-9-12(11)13(15)14(4)10(2)3/h6-10H,5H2,1-4H3. The van der Waals surface area contributed by atoms with Crippen LogP contribution in [0, 0.1) is 0 Å². The van der Waals surface area contributed by atoms with Crippen LogP contribution in [0.2, 0.25) is 0 Å². The quantitative estimate of drug-likeness (QED) is 0.743. The molecule has 2 heteroatoms. The van der Waals surface area contributed by atoms with Crippen molar-refractivity contribution in [2.75, 3.05) is 7.05 Å². The summed E-state index contributed by atoms with van der Waals surface area (Å²) in [6, 6.07) is 8.05. The van der Waals surface area contributed by atoms with Crippen molar-refractivity contribution in [1.29, 1.82) is 0 Å². The van der Waals surface area contributed by atoms with Crippen LogP contribution in [0.4, 0.5) is 0 Å². The smallest absolute Gasteiger partial charge is 0.254 e. The zero-order valence-electron chi connectivity index (χ0n) is 9.95. The molecule has 1 aromatic carbocycles. The van der Waals surface area contributed by atoms with Gasteiger partial charge in [0.2, 0.25) is 0 Å². The number of amides is 1. The first-order valence-corrected chi connectivity index (χ1v) is 5.43. The van der Waals surface area contributed by atoms with E-state index in [1.54, 1.807) is 4.90 Å². The zero-order valence-corrected chi connectivity index (χ0v) is 9.95. The lowest BCUT2D eigenvalue weighted by Gasteiger charge is -2.22. The first-order chi connectivity index (χ1) is 7.07. The SMILES string of the molecule is CCc1ccccc1C(=O)N(C)C(C)C. The van der Waals surface area contributed by atoms with Gasteiger partial charge in [0, 0.05) is 18.7 Å². The van der Waals surface area contributed by atoms with E-state index in [4.69, 9.17) is 0 Å². The Labute approximate surface area is 91.9 Å². The molecule has 0 fully saturated rings. The number of carbonyl (C=O) groups excluding carboxylic acids is 1. The van der Waals surface area contributed by atoms with Crippen LogP contribution in [0.3, 0.4) is 0 Å². The van der Waals surface area contributed by atoms with Gasteiger partial charge in [-0.05, 0) is 31.9 Å². The molecule has 0 heterocycles. The second-order valence-corrected chi connectivity index (χ2v) is 4.02. The van der Waals surface area contributed by atoms with Crippen molar-refractivity contribution in [2.24, 2.45) is 0 Å². The van der Waals surface area contributed by atoms with Crippen molar-refractivity contribution >= 4 is 5.91 Å². The highest BCUT2D eigenvalue weighted by molar-refractivity contribution is 5.95. The molecule has 0 aliphatic rings. The monoisotopic (exact) mass is 205 g/mol. The fraction of sp³-hybridized carbons (Fsp3) is 0.462. The Balaban J connectivity index is 3.00. The molecule has 0 bridgehead atoms. The highest BCUT2D eigenvalue weighted by Crippen LogP contribution is 2.12. The minimum atomic E-state index is 0.113. The molecule has 0 N–H and O–H groups in total. The van der Waals surface area contributed by atoms with Gasteiger partial charge in [-0.3, -0.25) is 4.79 Å². The van der Waals surface area contributed by atoms with Crippen LogP contribution in [-0.2, 0) is 6.42 Å². The molecule has 0 aromatic heterocycles. The predicted octanol–water partition coefficient (Wildman–Crippen LogP) is 2.73. The normalized spacial score (nSPS) is 10.5. The maximum Gasteiger partial charge on any atom is 0.254 e. The number of aryl methyl sites for hydroxylation is 1. The van der Waals surface area contributed by atoms with Gasteiger partial charge in [-0.1, -0.05) is 25.1 Å². The van der Waals surface area contributed by atoms with Crippen LogP contribution in [0.15, 0.2) is 24.3 Å². The van der Waals surface area contributed by atoms with Gasteiger partial charge in [0.1, 0.15) is 0 Å². The van der Waals surface area contributed by atoms with Crippen molar-refractivity contribution in [1.82, 2.24) is 4.90 Å². The van der Waals surface area contributed by atoms with Gasteiger partial charge in [-0.2, -0.15) is 0 Å². The first kappa shape index (κ1) is 11.8. The number of benzene rings is 1. The van der Waals surface area contributed by atoms with E-state index < -0.39 is 0 Å². The Morgan fingerprint density at radius 3 is 2.47 bits per heavy atom. The molecule has 0 spiro atoms. The molecule has 1 aromatic rings. The molecule has 0 aliphatic carbocycles. The van der Waals surface area contributed by atoms with E-state index in [9.17, 15) is 4.79 Å². The van der Waals surface area contributed by atoms with Crippen molar-refractivity contribution in [3.8, 4) is 0 Å². The summed E-state index contributed by atoms with van der Waals surface area (Å²) in [5.74, 6) is 0.113. The molecule has 1 rings (SSSR count). The molecule has 1 amide bonds. The highest BCUT2D eigenvalue weighted by Gasteiger charge is 2.16. The van der Waals surface area contributed by atoms with Crippen LogP contribution in [0.5, 0.6) is 0 Å². The number of carbonyl (C=O) groups is 1. The Morgan fingerprint density at radius 2 is 1.93 bits per heavy atom. The molecule has 15 heavy (non-hydrogen) atoms. The summed E-state index contributed by atoms with van der Waals surface area (Å²) in [4.78, 5) is 13.9. The van der Waals surface area contributed by atoms with E-state index in [1.165, 1.54) is 0 Å².